The first-order chi connectivity index (χ1) is 5.18. The van der Waals surface area contributed by atoms with Crippen LogP contribution in [0.1, 0.15) is 0 Å². The zero-order chi connectivity index (χ0) is 8.27. The second-order valence-corrected chi connectivity index (χ2v) is 4.85. The van der Waals surface area contributed by atoms with Crippen molar-refractivity contribution in [2.24, 2.45) is 0 Å². The lowest BCUT2D eigenvalue weighted by atomic mass is 10.3. The number of halogens is 2. The van der Waals surface area contributed by atoms with Gasteiger partial charge in [-0.25, -0.2) is 0 Å². The largest absolute Gasteiger partial charge is 0.458 e. The molecular weight excluding hydrogens is 202 g/mol. The molecule has 1 aromatic rings. The first kappa shape index (κ1) is 9.12. The molecule has 0 spiro atoms. The summed E-state index contributed by atoms with van der Waals surface area (Å²) < 4.78 is 5.24. The minimum absolute atomic E-state index is 0.701. The van der Waals surface area contributed by atoms with Gasteiger partial charge in [0.15, 0.2) is 7.50 Å². The maximum Gasteiger partial charge on any atom is 0.179 e. The monoisotopic (exact) mass is 208 g/mol. The van der Waals surface area contributed by atoms with Gasteiger partial charge in [0, 0.05) is 11.7 Å². The van der Waals surface area contributed by atoms with Crippen LogP contribution in [0.5, 0.6) is 5.75 Å². The molecule has 1 nitrogen and oxygen atoms in total. The quantitative estimate of drug-likeness (QED) is 0.671. The summed E-state index contributed by atoms with van der Waals surface area (Å²) in [6, 6.07) is 7.13. The van der Waals surface area contributed by atoms with Gasteiger partial charge in [0.05, 0.1) is 0 Å². The zero-order valence-electron chi connectivity index (χ0n) is 5.92. The van der Waals surface area contributed by atoms with Gasteiger partial charge in [-0.1, -0.05) is 22.8 Å². The standard InChI is InChI=1S/C7H7Cl2OP/c1-11(9)10-7-4-2-6(8)3-5-7/h2-5H,1H3. The fourth-order valence-electron chi connectivity index (χ4n) is 0.641. The fraction of sp³-hybridized carbons (Fsp3) is 0.143. The number of hydrogen-bond acceptors (Lipinski definition) is 1. The van der Waals surface area contributed by atoms with E-state index in [2.05, 4.69) is 0 Å². The van der Waals surface area contributed by atoms with Crippen molar-refractivity contribution in [3.05, 3.63) is 29.3 Å². The molecule has 0 saturated carbocycles. The highest BCUT2D eigenvalue weighted by molar-refractivity contribution is 7.79. The van der Waals surface area contributed by atoms with Crippen LogP contribution < -0.4 is 4.52 Å². The van der Waals surface area contributed by atoms with Gasteiger partial charge in [-0.3, -0.25) is 0 Å². The van der Waals surface area contributed by atoms with Crippen LogP contribution in [0, 0.1) is 0 Å². The van der Waals surface area contributed by atoms with Crippen LogP contribution in [0.2, 0.25) is 5.02 Å². The summed E-state index contributed by atoms with van der Waals surface area (Å²) in [6.45, 7) is 1.82. The molecular formula is C7H7Cl2OP. The molecule has 1 unspecified atom stereocenters. The van der Waals surface area contributed by atoms with E-state index in [-0.39, 0.29) is 0 Å². The molecule has 1 rings (SSSR count). The summed E-state index contributed by atoms with van der Waals surface area (Å²) in [4.78, 5) is 0. The van der Waals surface area contributed by atoms with E-state index >= 15 is 0 Å². The number of rotatable bonds is 2. The first-order valence-corrected chi connectivity index (χ1v) is 6.00. The average molecular weight is 209 g/mol. The molecule has 0 aliphatic heterocycles. The van der Waals surface area contributed by atoms with Crippen LogP contribution >= 0.6 is 30.3 Å². The lowest BCUT2D eigenvalue weighted by molar-refractivity contribution is 0.631. The van der Waals surface area contributed by atoms with Crippen LogP contribution in [-0.4, -0.2) is 6.66 Å². The van der Waals surface area contributed by atoms with Gasteiger partial charge in [0.1, 0.15) is 5.75 Å². The maximum atomic E-state index is 5.66. The zero-order valence-corrected chi connectivity index (χ0v) is 8.33. The maximum absolute atomic E-state index is 5.66. The van der Waals surface area contributed by atoms with Gasteiger partial charge < -0.3 is 4.52 Å². The van der Waals surface area contributed by atoms with Crippen LogP contribution in [0.25, 0.3) is 0 Å². The summed E-state index contributed by atoms with van der Waals surface area (Å²) in [7, 11) is -0.857. The Bertz CT molecular complexity index is 222. The second-order valence-electron chi connectivity index (χ2n) is 1.97. The van der Waals surface area contributed by atoms with Crippen LogP contribution in [-0.2, 0) is 0 Å². The van der Waals surface area contributed by atoms with Gasteiger partial charge in [0.25, 0.3) is 0 Å². The molecule has 0 amide bonds. The van der Waals surface area contributed by atoms with Crippen molar-refractivity contribution in [2.75, 3.05) is 6.66 Å². The molecule has 0 aliphatic rings. The normalized spacial score (nSPS) is 12.6. The molecule has 0 aliphatic carbocycles. The highest BCUT2D eigenvalue weighted by Gasteiger charge is 1.97. The molecule has 0 radical (unpaired) electrons. The molecule has 4 heteroatoms. The molecule has 0 N–H and O–H groups in total. The van der Waals surface area contributed by atoms with E-state index in [1.165, 1.54) is 0 Å². The van der Waals surface area contributed by atoms with Gasteiger partial charge in [-0.15, -0.1) is 0 Å². The number of hydrogen-bond donors (Lipinski definition) is 0. The molecule has 1 atom stereocenters. The summed E-state index contributed by atoms with van der Waals surface area (Å²) in [5, 5.41) is 0.701. The van der Waals surface area contributed by atoms with Gasteiger partial charge in [-0.2, -0.15) is 0 Å². The molecule has 11 heavy (non-hydrogen) atoms. The third kappa shape index (κ3) is 3.29. The molecule has 60 valence electrons. The summed E-state index contributed by atoms with van der Waals surface area (Å²) in [5.74, 6) is 0.762. The van der Waals surface area contributed by atoms with Crippen molar-refractivity contribution in [1.82, 2.24) is 0 Å². The van der Waals surface area contributed by atoms with E-state index in [1.807, 2.05) is 6.66 Å². The molecule has 0 bridgehead atoms. The van der Waals surface area contributed by atoms with Crippen LogP contribution in [0.15, 0.2) is 24.3 Å². The molecule has 0 saturated heterocycles. The van der Waals surface area contributed by atoms with E-state index in [9.17, 15) is 0 Å². The minimum atomic E-state index is -0.857. The Labute approximate surface area is 76.9 Å². The smallest absolute Gasteiger partial charge is 0.179 e. The summed E-state index contributed by atoms with van der Waals surface area (Å²) >= 11 is 11.3. The SMILES string of the molecule is CP(Cl)Oc1ccc(Cl)cc1. The van der Waals surface area contributed by atoms with Crippen molar-refractivity contribution in [3.8, 4) is 5.75 Å². The summed E-state index contributed by atoms with van der Waals surface area (Å²) in [5.41, 5.74) is 0. The van der Waals surface area contributed by atoms with Crippen molar-refractivity contribution in [3.63, 3.8) is 0 Å². The fourth-order valence-corrected chi connectivity index (χ4v) is 1.42. The molecule has 0 fully saturated rings. The Morgan fingerprint density at radius 1 is 1.27 bits per heavy atom. The first-order valence-electron chi connectivity index (χ1n) is 3.01. The van der Waals surface area contributed by atoms with E-state index < -0.39 is 7.50 Å². The lowest BCUT2D eigenvalue weighted by Gasteiger charge is -2.05. The Hall–Kier alpha value is 0.0300. The third-order valence-electron chi connectivity index (χ3n) is 1.04. The van der Waals surface area contributed by atoms with E-state index in [1.54, 1.807) is 24.3 Å². The Morgan fingerprint density at radius 3 is 2.27 bits per heavy atom. The Morgan fingerprint density at radius 2 is 1.82 bits per heavy atom. The average Bonchev–Trinajstić information content (AvgIpc) is 1.93. The third-order valence-corrected chi connectivity index (χ3v) is 1.97. The summed E-state index contributed by atoms with van der Waals surface area (Å²) in [6.07, 6.45) is 0. The molecule has 0 aromatic heterocycles. The predicted molar refractivity (Wildman–Crippen MR) is 50.8 cm³/mol. The highest BCUT2D eigenvalue weighted by atomic mass is 35.7. The van der Waals surface area contributed by atoms with Crippen LogP contribution in [0.3, 0.4) is 0 Å². The van der Waals surface area contributed by atoms with Gasteiger partial charge in [-0.05, 0) is 24.3 Å². The van der Waals surface area contributed by atoms with Crippen molar-refractivity contribution < 1.29 is 4.52 Å². The van der Waals surface area contributed by atoms with Gasteiger partial charge in [0.2, 0.25) is 0 Å². The molecule has 0 heterocycles. The lowest BCUT2D eigenvalue weighted by Crippen LogP contribution is -1.78. The highest BCUT2D eigenvalue weighted by Crippen LogP contribution is 2.38. The minimum Gasteiger partial charge on any atom is -0.458 e. The molecule has 1 aromatic carbocycles. The Balaban J connectivity index is 2.66. The Kier molecular flexibility index (Phi) is 3.45. The van der Waals surface area contributed by atoms with Gasteiger partial charge >= 0.3 is 0 Å². The van der Waals surface area contributed by atoms with Crippen LogP contribution in [0.4, 0.5) is 0 Å². The predicted octanol–water partition coefficient (Wildman–Crippen LogP) is 3.90. The topological polar surface area (TPSA) is 9.23 Å². The van der Waals surface area contributed by atoms with E-state index in [0.717, 1.165) is 5.75 Å². The second kappa shape index (κ2) is 4.15. The van der Waals surface area contributed by atoms with E-state index in [4.69, 9.17) is 27.4 Å². The number of benzene rings is 1. The van der Waals surface area contributed by atoms with Crippen molar-refractivity contribution >= 4 is 30.3 Å². The van der Waals surface area contributed by atoms with Crippen molar-refractivity contribution in [1.29, 1.82) is 0 Å². The van der Waals surface area contributed by atoms with Crippen molar-refractivity contribution in [2.45, 2.75) is 0 Å². The van der Waals surface area contributed by atoms with E-state index in [0.29, 0.717) is 5.02 Å².